The van der Waals surface area contributed by atoms with Crippen molar-refractivity contribution in [2.45, 2.75) is 18.9 Å². The second kappa shape index (κ2) is 6.37. The van der Waals surface area contributed by atoms with Crippen LogP contribution in [0.5, 0.6) is 0 Å². The van der Waals surface area contributed by atoms with Crippen molar-refractivity contribution < 1.29 is 0 Å². The summed E-state index contributed by atoms with van der Waals surface area (Å²) in [6, 6.07) is 2.02. The summed E-state index contributed by atoms with van der Waals surface area (Å²) >= 11 is 5.61. The van der Waals surface area contributed by atoms with Crippen LogP contribution in [0.4, 0.5) is 0 Å². The van der Waals surface area contributed by atoms with E-state index in [2.05, 4.69) is 43.8 Å². The molecule has 2 rings (SSSR count). The molecule has 0 radical (unpaired) electrons. The lowest BCUT2D eigenvalue weighted by Crippen LogP contribution is -2.34. The molecule has 2 heterocycles. The van der Waals surface area contributed by atoms with Crippen molar-refractivity contribution in [3.05, 3.63) is 30.7 Å². The van der Waals surface area contributed by atoms with E-state index in [9.17, 15) is 4.79 Å². The van der Waals surface area contributed by atoms with Crippen LogP contribution in [0.3, 0.4) is 0 Å². The first-order chi connectivity index (χ1) is 7.18. The molecule has 1 N–H and O–H groups in total. The largest absolute Gasteiger partial charge is 0.317 e. The number of nitrogens with zero attached hydrogens (tertiary/aromatic N) is 1. The summed E-state index contributed by atoms with van der Waals surface area (Å²) in [4.78, 5) is 11.8. The van der Waals surface area contributed by atoms with Crippen LogP contribution in [0.1, 0.15) is 18.9 Å². The number of hydrogen-bond donors (Lipinski definition) is 1. The highest BCUT2D eigenvalue weighted by molar-refractivity contribution is 14.1. The minimum Gasteiger partial charge on any atom is -0.317 e. The van der Waals surface area contributed by atoms with Crippen molar-refractivity contribution in [2.75, 3.05) is 13.1 Å². The normalized spacial score (nSPS) is 16.9. The molecule has 6 heteroatoms. The maximum Gasteiger partial charge on any atom is 0.251 e. The molecular weight excluding hydrogens is 406 g/mol. The van der Waals surface area contributed by atoms with Crippen molar-refractivity contribution in [3.63, 3.8) is 0 Å². The molecule has 0 aromatic carbocycles. The van der Waals surface area contributed by atoms with Crippen molar-refractivity contribution in [2.24, 2.45) is 0 Å². The van der Waals surface area contributed by atoms with Gasteiger partial charge < -0.3 is 9.88 Å². The summed E-state index contributed by atoms with van der Waals surface area (Å²) in [6.45, 7) is 2.01. The van der Waals surface area contributed by atoms with Crippen LogP contribution in [0, 0.1) is 3.57 Å². The molecule has 3 nitrogen and oxygen atoms in total. The monoisotopic (exact) mass is 418 g/mol. The number of pyridine rings is 1. The molecule has 1 aliphatic rings. The molecule has 0 amide bonds. The Morgan fingerprint density at radius 1 is 1.44 bits per heavy atom. The highest BCUT2D eigenvalue weighted by Gasteiger charge is 2.16. The van der Waals surface area contributed by atoms with Crippen LogP contribution in [0.15, 0.2) is 21.5 Å². The zero-order valence-corrected chi connectivity index (χ0v) is 13.1. The maximum absolute atomic E-state index is 11.8. The first-order valence-electron chi connectivity index (χ1n) is 4.96. The Kier molecular flexibility index (Phi) is 5.76. The van der Waals surface area contributed by atoms with Gasteiger partial charge in [-0.2, -0.15) is 0 Å². The molecule has 1 aromatic rings. The minimum absolute atomic E-state index is 0. The summed E-state index contributed by atoms with van der Waals surface area (Å²) in [7, 11) is 0. The van der Waals surface area contributed by atoms with Gasteiger partial charge >= 0.3 is 0 Å². The lowest BCUT2D eigenvalue weighted by molar-refractivity contribution is 0.360. The third-order valence-electron chi connectivity index (χ3n) is 2.69. The summed E-state index contributed by atoms with van der Waals surface area (Å²) in [5, 5.41) is 3.30. The molecule has 1 fully saturated rings. The summed E-state index contributed by atoms with van der Waals surface area (Å²) in [5.41, 5.74) is 0.0918. The van der Waals surface area contributed by atoms with Gasteiger partial charge in [0.05, 0.1) is 0 Å². The Balaban J connectivity index is 0.00000128. The zero-order valence-electron chi connectivity index (χ0n) is 8.58. The third-order valence-corrected chi connectivity index (χ3v) is 4.94. The van der Waals surface area contributed by atoms with Crippen LogP contribution in [-0.4, -0.2) is 17.7 Å². The van der Waals surface area contributed by atoms with Crippen LogP contribution < -0.4 is 10.9 Å². The fourth-order valence-corrected chi connectivity index (χ4v) is 2.62. The fraction of sp³-hybridized carbons (Fsp3) is 0.500. The molecule has 0 unspecified atom stereocenters. The molecule has 0 bridgehead atoms. The Hall–Kier alpha value is 0.410. The number of rotatable bonds is 1. The van der Waals surface area contributed by atoms with Crippen LogP contribution >= 0.6 is 50.9 Å². The molecule has 90 valence electrons. The fourth-order valence-electron chi connectivity index (χ4n) is 1.87. The lowest BCUT2D eigenvalue weighted by Gasteiger charge is -2.24. The SMILES string of the molecule is Cl.O=c1cc(Br)c(I)cn1C1CCNCC1. The van der Waals surface area contributed by atoms with Gasteiger partial charge in [-0.3, -0.25) is 4.79 Å². The van der Waals surface area contributed by atoms with Gasteiger partial charge in [0.2, 0.25) is 0 Å². The van der Waals surface area contributed by atoms with Gasteiger partial charge in [-0.15, -0.1) is 12.4 Å². The van der Waals surface area contributed by atoms with E-state index in [1.165, 1.54) is 0 Å². The Morgan fingerprint density at radius 2 is 2.06 bits per heavy atom. The average Bonchev–Trinajstić information content (AvgIpc) is 2.25. The van der Waals surface area contributed by atoms with E-state index in [1.807, 2.05) is 10.8 Å². The highest BCUT2D eigenvalue weighted by Crippen LogP contribution is 2.21. The molecule has 0 aliphatic carbocycles. The van der Waals surface area contributed by atoms with E-state index < -0.39 is 0 Å². The smallest absolute Gasteiger partial charge is 0.251 e. The minimum atomic E-state index is 0. The quantitative estimate of drug-likeness (QED) is 0.710. The Labute approximate surface area is 123 Å². The first-order valence-corrected chi connectivity index (χ1v) is 6.83. The topological polar surface area (TPSA) is 34.0 Å². The van der Waals surface area contributed by atoms with Crippen molar-refractivity contribution in [1.29, 1.82) is 0 Å². The van der Waals surface area contributed by atoms with E-state index in [-0.39, 0.29) is 18.0 Å². The third kappa shape index (κ3) is 3.21. The Morgan fingerprint density at radius 3 is 2.69 bits per heavy atom. The van der Waals surface area contributed by atoms with Gasteiger partial charge in [-0.25, -0.2) is 0 Å². The van der Waals surface area contributed by atoms with E-state index in [1.54, 1.807) is 6.07 Å². The average molecular weight is 419 g/mol. The molecule has 0 saturated carbocycles. The van der Waals surface area contributed by atoms with Gasteiger partial charge in [0, 0.05) is 26.3 Å². The Bertz CT molecular complexity index is 418. The molecule has 1 aromatic heterocycles. The predicted molar refractivity (Wildman–Crippen MR) is 79.5 cm³/mol. The van der Waals surface area contributed by atoms with E-state index >= 15 is 0 Å². The van der Waals surface area contributed by atoms with Gasteiger partial charge in [0.15, 0.2) is 0 Å². The van der Waals surface area contributed by atoms with Gasteiger partial charge in [-0.05, 0) is 64.5 Å². The molecule has 1 saturated heterocycles. The highest BCUT2D eigenvalue weighted by atomic mass is 127. The molecular formula is C10H13BrClIN2O. The predicted octanol–water partition coefficient (Wildman–Crippen LogP) is 2.56. The summed E-state index contributed by atoms with van der Waals surface area (Å²) in [6.07, 6.45) is 4.03. The number of halogens is 3. The van der Waals surface area contributed by atoms with Crippen molar-refractivity contribution >= 4 is 50.9 Å². The molecule has 16 heavy (non-hydrogen) atoms. The van der Waals surface area contributed by atoms with Crippen LogP contribution in [0.25, 0.3) is 0 Å². The molecule has 1 aliphatic heterocycles. The zero-order chi connectivity index (χ0) is 10.8. The van der Waals surface area contributed by atoms with E-state index in [0.29, 0.717) is 6.04 Å². The van der Waals surface area contributed by atoms with E-state index in [0.717, 1.165) is 34.0 Å². The summed E-state index contributed by atoms with van der Waals surface area (Å²) in [5.74, 6) is 0. The van der Waals surface area contributed by atoms with Gasteiger partial charge in [0.1, 0.15) is 0 Å². The summed E-state index contributed by atoms with van der Waals surface area (Å²) < 4.78 is 3.84. The van der Waals surface area contributed by atoms with E-state index in [4.69, 9.17) is 0 Å². The number of piperidine rings is 1. The number of nitrogens with one attached hydrogen (secondary N) is 1. The van der Waals surface area contributed by atoms with Crippen LogP contribution in [0.2, 0.25) is 0 Å². The first kappa shape index (κ1) is 14.5. The molecule has 0 spiro atoms. The maximum atomic E-state index is 11.8. The number of aromatic nitrogens is 1. The van der Waals surface area contributed by atoms with Gasteiger partial charge in [-0.1, -0.05) is 0 Å². The molecule has 0 atom stereocenters. The van der Waals surface area contributed by atoms with Crippen molar-refractivity contribution in [3.8, 4) is 0 Å². The number of hydrogen-bond acceptors (Lipinski definition) is 2. The van der Waals surface area contributed by atoms with Gasteiger partial charge in [0.25, 0.3) is 5.56 Å². The van der Waals surface area contributed by atoms with Crippen molar-refractivity contribution in [1.82, 2.24) is 9.88 Å². The van der Waals surface area contributed by atoms with Crippen LogP contribution in [-0.2, 0) is 0 Å². The lowest BCUT2D eigenvalue weighted by atomic mass is 10.1. The second-order valence-corrected chi connectivity index (χ2v) is 5.71. The standard InChI is InChI=1S/C10H12BrIN2O.ClH/c11-8-5-10(15)14(6-9(8)12)7-1-3-13-4-2-7;/h5-7,13H,1-4H2;1H. The second-order valence-electron chi connectivity index (χ2n) is 3.70.